The summed E-state index contributed by atoms with van der Waals surface area (Å²) in [6.45, 7) is 6.49. The molecule has 0 aromatic heterocycles. The topological polar surface area (TPSA) is 78.9 Å². The van der Waals surface area contributed by atoms with Crippen LogP contribution in [0.4, 0.5) is 0 Å². The molecular formula is C74H122O6. The summed E-state index contributed by atoms with van der Waals surface area (Å²) in [5.74, 6) is -0.920. The fourth-order valence-electron chi connectivity index (χ4n) is 8.94. The van der Waals surface area contributed by atoms with Crippen LogP contribution in [-0.2, 0) is 28.6 Å². The summed E-state index contributed by atoms with van der Waals surface area (Å²) in [6.07, 6.45) is 94.6. The van der Waals surface area contributed by atoms with Gasteiger partial charge in [0.15, 0.2) is 6.10 Å². The Morgan fingerprint density at radius 1 is 0.263 bits per heavy atom. The predicted octanol–water partition coefficient (Wildman–Crippen LogP) is 22.9. The summed E-state index contributed by atoms with van der Waals surface area (Å²) >= 11 is 0. The van der Waals surface area contributed by atoms with Crippen LogP contribution in [0.1, 0.15) is 297 Å². The highest BCUT2D eigenvalue weighted by atomic mass is 16.6. The van der Waals surface area contributed by atoms with Crippen LogP contribution in [0.25, 0.3) is 0 Å². The summed E-state index contributed by atoms with van der Waals surface area (Å²) in [6, 6.07) is 0. The second-order valence-corrected chi connectivity index (χ2v) is 21.6. The lowest BCUT2D eigenvalue weighted by Crippen LogP contribution is -2.30. The molecule has 0 radical (unpaired) electrons. The highest BCUT2D eigenvalue weighted by Crippen LogP contribution is 2.15. The third-order valence-electron chi connectivity index (χ3n) is 13.9. The number of carbonyl (C=O) groups is 3. The average Bonchev–Trinajstić information content (AvgIpc) is 3.46. The average molecular weight is 1110 g/mol. The van der Waals surface area contributed by atoms with Crippen molar-refractivity contribution in [1.29, 1.82) is 0 Å². The number of allylic oxidation sites excluding steroid dienone is 22. The molecule has 0 amide bonds. The quantitative estimate of drug-likeness (QED) is 0.0261. The number of carbonyl (C=O) groups excluding carboxylic acids is 3. The maximum Gasteiger partial charge on any atom is 0.306 e. The maximum atomic E-state index is 12.9. The minimum absolute atomic E-state index is 0.0903. The van der Waals surface area contributed by atoms with Crippen molar-refractivity contribution in [1.82, 2.24) is 0 Å². The normalized spacial score (nSPS) is 13.0. The van der Waals surface area contributed by atoms with Gasteiger partial charge in [0.1, 0.15) is 13.2 Å². The molecule has 0 spiro atoms. The van der Waals surface area contributed by atoms with E-state index >= 15 is 0 Å². The first-order valence-electron chi connectivity index (χ1n) is 33.2. The van der Waals surface area contributed by atoms with Crippen LogP contribution in [0.15, 0.2) is 134 Å². The molecule has 0 heterocycles. The molecule has 0 aliphatic heterocycles. The molecule has 0 fully saturated rings. The number of esters is 3. The van der Waals surface area contributed by atoms with E-state index in [0.717, 1.165) is 161 Å². The van der Waals surface area contributed by atoms with Gasteiger partial charge in [-0.1, -0.05) is 289 Å². The van der Waals surface area contributed by atoms with Crippen LogP contribution in [0.3, 0.4) is 0 Å². The smallest absolute Gasteiger partial charge is 0.306 e. The van der Waals surface area contributed by atoms with E-state index in [2.05, 4.69) is 154 Å². The van der Waals surface area contributed by atoms with E-state index in [4.69, 9.17) is 14.2 Å². The molecule has 0 aliphatic rings. The zero-order valence-corrected chi connectivity index (χ0v) is 52.0. The molecule has 0 saturated heterocycles. The van der Waals surface area contributed by atoms with Gasteiger partial charge >= 0.3 is 17.9 Å². The Morgan fingerprint density at radius 2 is 0.487 bits per heavy atom. The first-order chi connectivity index (χ1) is 39.5. The van der Waals surface area contributed by atoms with E-state index in [1.54, 1.807) is 0 Å². The second kappa shape index (κ2) is 67.1. The molecule has 80 heavy (non-hydrogen) atoms. The molecule has 0 aromatic carbocycles. The zero-order chi connectivity index (χ0) is 57.8. The Bertz CT molecular complexity index is 1700. The van der Waals surface area contributed by atoms with Crippen molar-refractivity contribution in [3.63, 3.8) is 0 Å². The first kappa shape index (κ1) is 75.5. The van der Waals surface area contributed by atoms with Crippen LogP contribution in [0, 0.1) is 0 Å². The minimum atomic E-state index is -0.797. The van der Waals surface area contributed by atoms with Crippen molar-refractivity contribution in [2.75, 3.05) is 13.2 Å². The van der Waals surface area contributed by atoms with Gasteiger partial charge in [-0.2, -0.15) is 0 Å². The fraction of sp³-hybridized carbons (Fsp3) is 0.662. The van der Waals surface area contributed by atoms with Crippen LogP contribution >= 0.6 is 0 Å². The van der Waals surface area contributed by atoms with Gasteiger partial charge in [0.05, 0.1) is 0 Å². The molecule has 6 nitrogen and oxygen atoms in total. The summed E-state index contributed by atoms with van der Waals surface area (Å²) < 4.78 is 16.9. The number of ether oxygens (including phenoxy) is 3. The Morgan fingerprint density at radius 3 is 0.775 bits per heavy atom. The molecule has 1 unspecified atom stereocenters. The van der Waals surface area contributed by atoms with E-state index in [1.807, 2.05) is 0 Å². The molecular weight excluding hydrogens is 985 g/mol. The summed E-state index contributed by atoms with van der Waals surface area (Å²) in [5.41, 5.74) is 0. The van der Waals surface area contributed by atoms with E-state index < -0.39 is 6.10 Å². The predicted molar refractivity (Wildman–Crippen MR) is 348 cm³/mol. The molecule has 0 N–H and O–H groups in total. The fourth-order valence-corrected chi connectivity index (χ4v) is 8.94. The summed E-state index contributed by atoms with van der Waals surface area (Å²) in [5, 5.41) is 0. The van der Waals surface area contributed by atoms with Crippen molar-refractivity contribution in [3.05, 3.63) is 134 Å². The van der Waals surface area contributed by atoms with Gasteiger partial charge < -0.3 is 14.2 Å². The molecule has 0 rings (SSSR count). The first-order valence-corrected chi connectivity index (χ1v) is 33.2. The number of hydrogen-bond donors (Lipinski definition) is 0. The molecule has 6 heteroatoms. The Hall–Kier alpha value is -4.45. The van der Waals surface area contributed by atoms with Crippen LogP contribution in [-0.4, -0.2) is 37.2 Å². The van der Waals surface area contributed by atoms with Gasteiger partial charge in [0.2, 0.25) is 0 Å². The number of hydrogen-bond acceptors (Lipinski definition) is 6. The van der Waals surface area contributed by atoms with E-state index in [1.165, 1.54) is 96.3 Å². The summed E-state index contributed by atoms with van der Waals surface area (Å²) in [7, 11) is 0. The molecule has 0 aliphatic carbocycles. The van der Waals surface area contributed by atoms with E-state index in [-0.39, 0.29) is 31.1 Å². The van der Waals surface area contributed by atoms with Crippen LogP contribution in [0.2, 0.25) is 0 Å². The van der Waals surface area contributed by atoms with E-state index in [9.17, 15) is 14.4 Å². The lowest BCUT2D eigenvalue weighted by molar-refractivity contribution is -0.167. The molecule has 454 valence electrons. The highest BCUT2D eigenvalue weighted by molar-refractivity contribution is 5.71. The Labute approximate surface area is 494 Å². The van der Waals surface area contributed by atoms with Crippen LogP contribution in [0.5, 0.6) is 0 Å². The number of unbranched alkanes of at least 4 members (excludes halogenated alkanes) is 26. The van der Waals surface area contributed by atoms with Gasteiger partial charge in [-0.3, -0.25) is 14.4 Å². The molecule has 0 saturated carbocycles. The van der Waals surface area contributed by atoms with Crippen molar-refractivity contribution in [2.24, 2.45) is 0 Å². The SMILES string of the molecule is CC/C=C\C/C=C\C/C=C\C/C=C\C/C=C\C/C=C\C/C=C\C/C=C\C/C=C\CCCCCCCC(=O)OCC(COC(=O)CCCCCCCCCCCCCCC)OC(=O)CCCCCCC/C=C\C/C=C\CCCCCC. The van der Waals surface area contributed by atoms with Gasteiger partial charge in [-0.15, -0.1) is 0 Å². The highest BCUT2D eigenvalue weighted by Gasteiger charge is 2.19. The van der Waals surface area contributed by atoms with Crippen molar-refractivity contribution >= 4 is 17.9 Å². The molecule has 1 atom stereocenters. The van der Waals surface area contributed by atoms with E-state index in [0.29, 0.717) is 19.3 Å². The molecule has 0 bridgehead atoms. The largest absolute Gasteiger partial charge is 0.462 e. The Balaban J connectivity index is 4.34. The van der Waals surface area contributed by atoms with Crippen LogP contribution < -0.4 is 0 Å². The Kier molecular flexibility index (Phi) is 63.3. The van der Waals surface area contributed by atoms with Crippen molar-refractivity contribution in [3.8, 4) is 0 Å². The maximum absolute atomic E-state index is 12.9. The lowest BCUT2D eigenvalue weighted by Gasteiger charge is -2.18. The number of rotatable bonds is 59. The van der Waals surface area contributed by atoms with Crippen molar-refractivity contribution < 1.29 is 28.6 Å². The van der Waals surface area contributed by atoms with Gasteiger partial charge in [-0.05, 0) is 122 Å². The van der Waals surface area contributed by atoms with Gasteiger partial charge in [0.25, 0.3) is 0 Å². The zero-order valence-electron chi connectivity index (χ0n) is 52.0. The second-order valence-electron chi connectivity index (χ2n) is 21.6. The third kappa shape index (κ3) is 64.4. The summed E-state index contributed by atoms with van der Waals surface area (Å²) in [4.78, 5) is 38.3. The van der Waals surface area contributed by atoms with Crippen molar-refractivity contribution in [2.45, 2.75) is 303 Å². The standard InChI is InChI=1S/C74H122O6/c1-4-7-10-13-16-19-22-25-27-29-30-31-32-33-34-35-36-37-38-39-40-41-42-43-44-45-47-49-52-55-58-61-64-67-73(76)79-70-71(69-78-72(75)66-63-60-57-54-51-48-24-21-18-15-12-9-6-3)80-74(77)68-65-62-59-56-53-50-46-28-26-23-20-17-14-11-8-5-2/h7,10,16,19-20,23,25,27-28,30-31,33-34,36-37,39-40,42-43,45-47,71H,4-6,8-9,11-15,17-18,21-22,24,26,29,32,35,38,41,44,48-70H2,1-3H3/b10-7-,19-16-,23-20-,27-25-,31-30-,34-33-,37-36-,40-39-,43-42-,46-28-,47-45-. The monoisotopic (exact) mass is 1110 g/mol. The molecule has 0 aromatic rings. The minimum Gasteiger partial charge on any atom is -0.462 e. The third-order valence-corrected chi connectivity index (χ3v) is 13.9. The van der Waals surface area contributed by atoms with Gasteiger partial charge in [0, 0.05) is 19.3 Å². The lowest BCUT2D eigenvalue weighted by atomic mass is 10.0. The van der Waals surface area contributed by atoms with Gasteiger partial charge in [-0.25, -0.2) is 0 Å².